The van der Waals surface area contributed by atoms with Gasteiger partial charge >= 0.3 is 6.98 Å². The van der Waals surface area contributed by atoms with E-state index in [2.05, 4.69) is 0 Å². The summed E-state index contributed by atoms with van der Waals surface area (Å²) in [5.41, 5.74) is -0.402. The first kappa shape index (κ1) is 14.1. The maximum atomic E-state index is 12.7. The van der Waals surface area contributed by atoms with Crippen LogP contribution in [0.5, 0.6) is 0 Å². The minimum absolute atomic E-state index is 0.0372. The smallest absolute Gasteiger partial charge is 0.445 e. The van der Waals surface area contributed by atoms with Crippen LogP contribution in [-0.4, -0.2) is 26.8 Å². The summed E-state index contributed by atoms with van der Waals surface area (Å²) < 4.78 is 48.1. The zero-order valence-corrected chi connectivity index (χ0v) is 9.67. The normalized spacial score (nSPS) is 11.8. The number of benzene rings is 1. The number of ether oxygens (including phenoxy) is 2. The van der Waals surface area contributed by atoms with Gasteiger partial charge in [-0.2, -0.15) is 0 Å². The molecule has 0 fully saturated rings. The molecule has 0 saturated carbocycles. The molecule has 0 unspecified atom stereocenters. The fourth-order valence-corrected chi connectivity index (χ4v) is 1.43. The van der Waals surface area contributed by atoms with Crippen LogP contribution < -0.4 is 5.46 Å². The third kappa shape index (κ3) is 4.79. The second kappa shape index (κ2) is 6.66. The summed E-state index contributed by atoms with van der Waals surface area (Å²) in [6.45, 7) is -1.89. The minimum atomic E-state index is -4.98. The monoisotopic (exact) mass is 247 g/mol. The van der Waals surface area contributed by atoms with Crippen LogP contribution in [0.15, 0.2) is 24.3 Å². The molecule has 0 bridgehead atoms. The first-order valence-electron chi connectivity index (χ1n) is 5.49. The highest BCUT2D eigenvalue weighted by Crippen LogP contribution is 2.12. The average molecular weight is 247 g/mol. The Labute approximate surface area is 98.8 Å². The van der Waals surface area contributed by atoms with Crippen LogP contribution in [0.25, 0.3) is 0 Å². The Kier molecular flexibility index (Phi) is 5.51. The predicted molar refractivity (Wildman–Crippen MR) is 61.3 cm³/mol. The first-order chi connectivity index (χ1) is 8.05. The van der Waals surface area contributed by atoms with Crippen molar-refractivity contribution in [2.24, 2.45) is 0 Å². The Morgan fingerprint density at radius 3 is 2.35 bits per heavy atom. The third-order valence-corrected chi connectivity index (χ3v) is 2.24. The molecule has 0 heterocycles. The zero-order chi connectivity index (χ0) is 12.7. The molecule has 0 atom stereocenters. The largest absolute Gasteiger partial charge is 0.509 e. The topological polar surface area (TPSA) is 18.5 Å². The molecule has 96 valence electrons. The van der Waals surface area contributed by atoms with Gasteiger partial charge in [0.2, 0.25) is 0 Å². The maximum Gasteiger partial charge on any atom is 0.509 e. The van der Waals surface area contributed by atoms with E-state index in [-0.39, 0.29) is 12.2 Å². The molecular formula is C11H15BF3O2-. The Morgan fingerprint density at radius 2 is 1.71 bits per heavy atom. The van der Waals surface area contributed by atoms with E-state index in [1.165, 1.54) is 12.1 Å². The molecule has 2 nitrogen and oxygen atoms in total. The van der Waals surface area contributed by atoms with Crippen molar-refractivity contribution < 1.29 is 22.4 Å². The van der Waals surface area contributed by atoms with E-state index >= 15 is 0 Å². The van der Waals surface area contributed by atoms with Crippen molar-refractivity contribution in [3.63, 3.8) is 0 Å². The fourth-order valence-electron chi connectivity index (χ4n) is 1.43. The van der Waals surface area contributed by atoms with Gasteiger partial charge in [0.15, 0.2) is 0 Å². The first-order valence-corrected chi connectivity index (χ1v) is 5.49. The predicted octanol–water partition coefficient (Wildman–Crippen LogP) is 2.29. The SMILES string of the molecule is CCOCCOCc1ccccc1[B-](F)(F)F. The molecule has 0 aliphatic heterocycles. The Morgan fingerprint density at radius 1 is 1.06 bits per heavy atom. The van der Waals surface area contributed by atoms with Crippen molar-refractivity contribution in [3.05, 3.63) is 29.8 Å². The lowest BCUT2D eigenvalue weighted by atomic mass is 9.77. The summed E-state index contributed by atoms with van der Waals surface area (Å²) in [7, 11) is 0. The summed E-state index contributed by atoms with van der Waals surface area (Å²) >= 11 is 0. The number of hydrogen-bond acceptors (Lipinski definition) is 2. The van der Waals surface area contributed by atoms with E-state index < -0.39 is 12.4 Å². The van der Waals surface area contributed by atoms with E-state index in [0.29, 0.717) is 19.8 Å². The average Bonchev–Trinajstić information content (AvgIpc) is 2.28. The molecule has 0 aliphatic carbocycles. The van der Waals surface area contributed by atoms with Crippen molar-refractivity contribution >= 4 is 12.4 Å². The van der Waals surface area contributed by atoms with Crippen LogP contribution in [0, 0.1) is 0 Å². The molecule has 1 rings (SSSR count). The van der Waals surface area contributed by atoms with Gasteiger partial charge in [-0.25, -0.2) is 0 Å². The van der Waals surface area contributed by atoms with Gasteiger partial charge < -0.3 is 22.4 Å². The van der Waals surface area contributed by atoms with E-state index in [4.69, 9.17) is 9.47 Å². The van der Waals surface area contributed by atoms with Crippen molar-refractivity contribution in [2.45, 2.75) is 13.5 Å². The summed E-state index contributed by atoms with van der Waals surface area (Å²) in [5.74, 6) is 0. The standard InChI is InChI=1S/C11H15BF3O2/c1-2-16-7-8-17-9-10-5-3-4-6-11(10)12(13,14)15/h3-6H,2,7-9H2,1H3/q-1. The van der Waals surface area contributed by atoms with Gasteiger partial charge in [-0.15, -0.1) is 5.46 Å². The Bertz CT molecular complexity index is 342. The molecule has 1 aromatic rings. The molecule has 6 heteroatoms. The van der Waals surface area contributed by atoms with Crippen molar-refractivity contribution in [1.29, 1.82) is 0 Å². The second-order valence-electron chi connectivity index (χ2n) is 3.52. The van der Waals surface area contributed by atoms with Gasteiger partial charge in [-0.3, -0.25) is 0 Å². The zero-order valence-electron chi connectivity index (χ0n) is 9.67. The highest BCUT2D eigenvalue weighted by molar-refractivity contribution is 6.74. The highest BCUT2D eigenvalue weighted by Gasteiger charge is 2.27. The molecule has 0 aliphatic rings. The van der Waals surface area contributed by atoms with Crippen molar-refractivity contribution in [2.75, 3.05) is 19.8 Å². The quantitative estimate of drug-likeness (QED) is 0.543. The summed E-state index contributed by atoms with van der Waals surface area (Å²) in [6.07, 6.45) is 0. The molecular weight excluding hydrogens is 232 g/mol. The second-order valence-corrected chi connectivity index (χ2v) is 3.52. The maximum absolute atomic E-state index is 12.7. The molecule has 0 radical (unpaired) electrons. The van der Waals surface area contributed by atoms with Crippen LogP contribution in [0.2, 0.25) is 0 Å². The van der Waals surface area contributed by atoms with Gasteiger partial charge in [0.25, 0.3) is 0 Å². The lowest BCUT2D eigenvalue weighted by molar-refractivity contribution is 0.0455. The van der Waals surface area contributed by atoms with Gasteiger partial charge in [-0.1, -0.05) is 24.3 Å². The van der Waals surface area contributed by atoms with E-state index in [1.54, 1.807) is 6.07 Å². The molecule has 0 saturated heterocycles. The van der Waals surface area contributed by atoms with Gasteiger partial charge in [-0.05, 0) is 12.5 Å². The Balaban J connectivity index is 2.53. The molecule has 0 amide bonds. The Hall–Kier alpha value is -1.01. The highest BCUT2D eigenvalue weighted by atomic mass is 19.4. The number of rotatable bonds is 7. The van der Waals surface area contributed by atoms with Gasteiger partial charge in [0.1, 0.15) is 0 Å². The van der Waals surface area contributed by atoms with Crippen LogP contribution in [0.1, 0.15) is 12.5 Å². The molecule has 17 heavy (non-hydrogen) atoms. The van der Waals surface area contributed by atoms with E-state index in [1.807, 2.05) is 6.92 Å². The molecule has 0 N–H and O–H groups in total. The number of halogens is 3. The van der Waals surface area contributed by atoms with Gasteiger partial charge in [0, 0.05) is 6.61 Å². The van der Waals surface area contributed by atoms with Crippen LogP contribution >= 0.6 is 0 Å². The fraction of sp³-hybridized carbons (Fsp3) is 0.455. The third-order valence-electron chi connectivity index (χ3n) is 2.24. The summed E-state index contributed by atoms with van der Waals surface area (Å²) in [4.78, 5) is 0. The molecule has 0 aromatic heterocycles. The lowest BCUT2D eigenvalue weighted by Gasteiger charge is -2.19. The van der Waals surface area contributed by atoms with Crippen LogP contribution in [0.3, 0.4) is 0 Å². The molecule has 0 spiro atoms. The van der Waals surface area contributed by atoms with E-state index in [0.717, 1.165) is 6.07 Å². The van der Waals surface area contributed by atoms with Crippen LogP contribution in [-0.2, 0) is 16.1 Å². The summed E-state index contributed by atoms with van der Waals surface area (Å²) in [5, 5.41) is 0. The lowest BCUT2D eigenvalue weighted by Crippen LogP contribution is -2.37. The van der Waals surface area contributed by atoms with Gasteiger partial charge in [0.05, 0.1) is 19.8 Å². The summed E-state index contributed by atoms with van der Waals surface area (Å²) in [6, 6.07) is 5.48. The van der Waals surface area contributed by atoms with Crippen molar-refractivity contribution in [3.8, 4) is 0 Å². The van der Waals surface area contributed by atoms with Crippen molar-refractivity contribution in [1.82, 2.24) is 0 Å². The number of hydrogen-bond donors (Lipinski definition) is 0. The molecule has 1 aromatic carbocycles. The minimum Gasteiger partial charge on any atom is -0.445 e. The van der Waals surface area contributed by atoms with E-state index in [9.17, 15) is 12.9 Å². The van der Waals surface area contributed by atoms with Crippen LogP contribution in [0.4, 0.5) is 12.9 Å².